The van der Waals surface area contributed by atoms with Gasteiger partial charge in [0, 0.05) is 15.1 Å². The van der Waals surface area contributed by atoms with Crippen molar-refractivity contribution in [3.63, 3.8) is 0 Å². The number of aliphatic hydroxyl groups is 1. The Morgan fingerprint density at radius 3 is 2.22 bits per heavy atom. The maximum Gasteiger partial charge on any atom is 0.140 e. The van der Waals surface area contributed by atoms with Crippen LogP contribution in [-0.4, -0.2) is 5.11 Å². The molecule has 0 heterocycles. The average molecular weight is 322 g/mol. The quantitative estimate of drug-likeness (QED) is 0.781. The lowest BCUT2D eigenvalue weighted by Crippen LogP contribution is -1.92. The standard InChI is InChI=1S/C15H10BrClO/c16-13-6-4-12(5-7-13)15(18)10-3-11-1-8-14(17)9-2-11/h1-2,4-9,15,18H. The second kappa shape index (κ2) is 6.06. The van der Waals surface area contributed by atoms with Crippen LogP contribution in [0.15, 0.2) is 53.0 Å². The lowest BCUT2D eigenvalue weighted by Gasteiger charge is -2.03. The SMILES string of the molecule is OC(C#Cc1ccc(Cl)cc1)c1ccc(Br)cc1. The lowest BCUT2D eigenvalue weighted by atomic mass is 10.1. The Kier molecular flexibility index (Phi) is 4.43. The molecule has 1 atom stereocenters. The van der Waals surface area contributed by atoms with Crippen molar-refractivity contribution in [2.24, 2.45) is 0 Å². The van der Waals surface area contributed by atoms with Gasteiger partial charge in [-0.1, -0.05) is 51.5 Å². The van der Waals surface area contributed by atoms with E-state index < -0.39 is 6.10 Å². The molecular weight excluding hydrogens is 312 g/mol. The van der Waals surface area contributed by atoms with Gasteiger partial charge >= 0.3 is 0 Å². The summed E-state index contributed by atoms with van der Waals surface area (Å²) >= 11 is 9.13. The van der Waals surface area contributed by atoms with E-state index in [1.165, 1.54) is 0 Å². The summed E-state index contributed by atoms with van der Waals surface area (Å²) in [6.45, 7) is 0. The van der Waals surface area contributed by atoms with Gasteiger partial charge in [0.15, 0.2) is 0 Å². The van der Waals surface area contributed by atoms with Gasteiger partial charge in [-0.2, -0.15) is 0 Å². The van der Waals surface area contributed by atoms with Gasteiger partial charge in [0.05, 0.1) is 0 Å². The molecule has 0 fully saturated rings. The maximum absolute atomic E-state index is 9.91. The lowest BCUT2D eigenvalue weighted by molar-refractivity contribution is 0.238. The molecule has 0 aliphatic rings. The van der Waals surface area contributed by atoms with Crippen molar-refractivity contribution >= 4 is 27.5 Å². The molecule has 0 bridgehead atoms. The van der Waals surface area contributed by atoms with Crippen LogP contribution in [0.5, 0.6) is 0 Å². The number of rotatable bonds is 1. The second-order valence-corrected chi connectivity index (χ2v) is 5.08. The van der Waals surface area contributed by atoms with Crippen molar-refractivity contribution in [3.8, 4) is 11.8 Å². The highest BCUT2D eigenvalue weighted by molar-refractivity contribution is 9.10. The summed E-state index contributed by atoms with van der Waals surface area (Å²) in [7, 11) is 0. The molecule has 1 unspecified atom stereocenters. The molecule has 2 aromatic rings. The molecule has 0 saturated carbocycles. The van der Waals surface area contributed by atoms with Crippen LogP contribution in [0.3, 0.4) is 0 Å². The van der Waals surface area contributed by atoms with Crippen LogP contribution in [0.1, 0.15) is 17.2 Å². The monoisotopic (exact) mass is 320 g/mol. The molecule has 2 rings (SSSR count). The highest BCUT2D eigenvalue weighted by Gasteiger charge is 2.02. The maximum atomic E-state index is 9.91. The first-order chi connectivity index (χ1) is 8.65. The fourth-order valence-corrected chi connectivity index (χ4v) is 1.80. The topological polar surface area (TPSA) is 20.2 Å². The molecule has 90 valence electrons. The van der Waals surface area contributed by atoms with E-state index in [9.17, 15) is 5.11 Å². The molecule has 1 N–H and O–H groups in total. The highest BCUT2D eigenvalue weighted by atomic mass is 79.9. The van der Waals surface area contributed by atoms with Crippen molar-refractivity contribution in [2.45, 2.75) is 6.10 Å². The Balaban J connectivity index is 2.14. The van der Waals surface area contributed by atoms with Crippen LogP contribution < -0.4 is 0 Å². The van der Waals surface area contributed by atoms with Gasteiger partial charge in [-0.3, -0.25) is 0 Å². The Morgan fingerprint density at radius 2 is 1.61 bits per heavy atom. The van der Waals surface area contributed by atoms with Crippen molar-refractivity contribution in [1.82, 2.24) is 0 Å². The van der Waals surface area contributed by atoms with Crippen molar-refractivity contribution in [3.05, 3.63) is 69.2 Å². The molecule has 0 spiro atoms. The number of hydrogen-bond donors (Lipinski definition) is 1. The third-order valence-corrected chi connectivity index (χ3v) is 3.16. The Hall–Kier alpha value is -1.27. The molecule has 0 amide bonds. The van der Waals surface area contributed by atoms with Gasteiger partial charge in [0.25, 0.3) is 0 Å². The largest absolute Gasteiger partial charge is 0.376 e. The van der Waals surface area contributed by atoms with Crippen LogP contribution in [0.25, 0.3) is 0 Å². The molecule has 3 heteroatoms. The summed E-state index contributed by atoms with van der Waals surface area (Å²) in [6, 6.07) is 14.6. The van der Waals surface area contributed by atoms with Crippen molar-refractivity contribution < 1.29 is 5.11 Å². The van der Waals surface area contributed by atoms with E-state index in [0.717, 1.165) is 15.6 Å². The van der Waals surface area contributed by atoms with E-state index in [-0.39, 0.29) is 0 Å². The minimum atomic E-state index is -0.784. The van der Waals surface area contributed by atoms with Crippen LogP contribution >= 0.6 is 27.5 Å². The zero-order chi connectivity index (χ0) is 13.0. The molecule has 0 aromatic heterocycles. The van der Waals surface area contributed by atoms with Crippen LogP contribution in [0.4, 0.5) is 0 Å². The third kappa shape index (κ3) is 3.61. The van der Waals surface area contributed by atoms with E-state index in [0.29, 0.717) is 5.02 Å². The Labute approximate surface area is 120 Å². The minimum Gasteiger partial charge on any atom is -0.376 e. The number of aliphatic hydroxyl groups excluding tert-OH is 1. The first-order valence-electron chi connectivity index (χ1n) is 5.36. The fourth-order valence-electron chi connectivity index (χ4n) is 1.41. The highest BCUT2D eigenvalue weighted by Crippen LogP contribution is 2.16. The molecule has 18 heavy (non-hydrogen) atoms. The molecular formula is C15H10BrClO. The molecule has 2 aromatic carbocycles. The summed E-state index contributed by atoms with van der Waals surface area (Å²) in [6.07, 6.45) is -0.784. The Morgan fingerprint density at radius 1 is 1.00 bits per heavy atom. The van der Waals surface area contributed by atoms with Gasteiger partial charge in [0.1, 0.15) is 6.10 Å². The minimum absolute atomic E-state index is 0.675. The van der Waals surface area contributed by atoms with E-state index in [1.54, 1.807) is 12.1 Å². The number of halogens is 2. The Bertz CT molecular complexity index is 579. The normalized spacial score (nSPS) is 11.5. The van der Waals surface area contributed by atoms with E-state index in [2.05, 4.69) is 27.8 Å². The van der Waals surface area contributed by atoms with Crippen LogP contribution in [-0.2, 0) is 0 Å². The van der Waals surface area contributed by atoms with Gasteiger partial charge in [-0.15, -0.1) is 0 Å². The molecule has 0 aliphatic heterocycles. The summed E-state index contributed by atoms with van der Waals surface area (Å²) in [5, 5.41) is 10.6. The number of hydrogen-bond acceptors (Lipinski definition) is 1. The first-order valence-corrected chi connectivity index (χ1v) is 6.53. The summed E-state index contributed by atoms with van der Waals surface area (Å²) in [5.74, 6) is 5.72. The number of benzene rings is 2. The predicted octanol–water partition coefficient (Wildman–Crippen LogP) is 4.19. The van der Waals surface area contributed by atoms with E-state index in [1.807, 2.05) is 36.4 Å². The smallest absolute Gasteiger partial charge is 0.140 e. The first kappa shape index (κ1) is 13.2. The zero-order valence-electron chi connectivity index (χ0n) is 9.40. The fraction of sp³-hybridized carbons (Fsp3) is 0.0667. The third-order valence-electron chi connectivity index (χ3n) is 2.38. The molecule has 0 radical (unpaired) electrons. The van der Waals surface area contributed by atoms with Crippen molar-refractivity contribution in [2.75, 3.05) is 0 Å². The van der Waals surface area contributed by atoms with Crippen LogP contribution in [0, 0.1) is 11.8 Å². The summed E-state index contributed by atoms with van der Waals surface area (Å²) in [5.41, 5.74) is 1.61. The van der Waals surface area contributed by atoms with Gasteiger partial charge in [-0.25, -0.2) is 0 Å². The van der Waals surface area contributed by atoms with E-state index >= 15 is 0 Å². The van der Waals surface area contributed by atoms with Gasteiger partial charge < -0.3 is 5.11 Å². The summed E-state index contributed by atoms with van der Waals surface area (Å²) in [4.78, 5) is 0. The zero-order valence-corrected chi connectivity index (χ0v) is 11.7. The molecule has 1 nitrogen and oxygen atoms in total. The van der Waals surface area contributed by atoms with Crippen LogP contribution in [0.2, 0.25) is 5.02 Å². The van der Waals surface area contributed by atoms with Gasteiger partial charge in [0.2, 0.25) is 0 Å². The van der Waals surface area contributed by atoms with Crippen molar-refractivity contribution in [1.29, 1.82) is 0 Å². The van der Waals surface area contributed by atoms with Gasteiger partial charge in [-0.05, 0) is 42.0 Å². The predicted molar refractivity (Wildman–Crippen MR) is 77.4 cm³/mol. The molecule has 0 aliphatic carbocycles. The van der Waals surface area contributed by atoms with E-state index in [4.69, 9.17) is 11.6 Å². The average Bonchev–Trinajstić information content (AvgIpc) is 2.38. The second-order valence-electron chi connectivity index (χ2n) is 3.73. The summed E-state index contributed by atoms with van der Waals surface area (Å²) < 4.78 is 0.976. The molecule has 0 saturated heterocycles.